The number of ketones is 1. The lowest BCUT2D eigenvalue weighted by molar-refractivity contribution is -0.120. The van der Waals surface area contributed by atoms with Gasteiger partial charge in [-0.05, 0) is 5.39 Å². The number of nitrogens with zero attached hydrogens (tertiary/aromatic N) is 3. The molecule has 0 saturated carbocycles. The zero-order valence-corrected chi connectivity index (χ0v) is 14.3. The van der Waals surface area contributed by atoms with E-state index in [9.17, 15) is 9.59 Å². The molecule has 0 radical (unpaired) electrons. The minimum atomic E-state index is -0.306. The van der Waals surface area contributed by atoms with Crippen molar-refractivity contribution >= 4 is 44.5 Å². The smallest absolute Gasteiger partial charge is 0.246 e. The molecule has 2 aromatic heterocycles. The van der Waals surface area contributed by atoms with Crippen LogP contribution in [0.1, 0.15) is 21.6 Å². The van der Waals surface area contributed by atoms with Crippen molar-refractivity contribution in [1.29, 1.82) is 0 Å². The van der Waals surface area contributed by atoms with E-state index in [1.165, 1.54) is 11.3 Å². The number of fused-ring (bicyclic) bond motifs is 1. The number of nitrogens with one attached hydrogen (secondary N) is 1. The molecule has 5 rings (SSSR count). The van der Waals surface area contributed by atoms with E-state index in [4.69, 9.17) is 0 Å². The summed E-state index contributed by atoms with van der Waals surface area (Å²) >= 11 is 1.51. The SMILES string of the molecule is O=C(Cc1cn2ccsc2n1)N/N=C1/C(=O)c2cccc3cccc1c23. The highest BCUT2D eigenvalue weighted by atomic mass is 32.1. The van der Waals surface area contributed by atoms with Gasteiger partial charge in [-0.1, -0.05) is 36.4 Å². The van der Waals surface area contributed by atoms with E-state index < -0.39 is 0 Å². The summed E-state index contributed by atoms with van der Waals surface area (Å²) in [6.07, 6.45) is 3.82. The van der Waals surface area contributed by atoms with Gasteiger partial charge >= 0.3 is 0 Å². The summed E-state index contributed by atoms with van der Waals surface area (Å²) in [6, 6.07) is 11.3. The summed E-state index contributed by atoms with van der Waals surface area (Å²) in [5.74, 6) is -0.473. The molecule has 1 amide bonds. The zero-order valence-electron chi connectivity index (χ0n) is 13.5. The summed E-state index contributed by atoms with van der Waals surface area (Å²) in [5.41, 5.74) is 4.82. The Balaban J connectivity index is 1.41. The maximum absolute atomic E-state index is 12.6. The van der Waals surface area contributed by atoms with E-state index in [2.05, 4.69) is 15.5 Å². The third-order valence-electron chi connectivity index (χ3n) is 4.40. The number of carbonyl (C=O) groups is 2. The van der Waals surface area contributed by atoms with Crippen molar-refractivity contribution in [3.8, 4) is 0 Å². The van der Waals surface area contributed by atoms with Crippen molar-refractivity contribution < 1.29 is 9.59 Å². The maximum atomic E-state index is 12.6. The van der Waals surface area contributed by atoms with Crippen molar-refractivity contribution in [2.24, 2.45) is 5.10 Å². The van der Waals surface area contributed by atoms with Gasteiger partial charge in [0.25, 0.3) is 0 Å². The molecule has 1 aliphatic carbocycles. The summed E-state index contributed by atoms with van der Waals surface area (Å²) in [6.45, 7) is 0. The first-order valence-electron chi connectivity index (χ1n) is 8.05. The van der Waals surface area contributed by atoms with Gasteiger partial charge < -0.3 is 0 Å². The normalized spacial score (nSPS) is 14.6. The third kappa shape index (κ3) is 2.25. The average Bonchev–Trinajstić information content (AvgIpc) is 3.29. The molecule has 0 atom stereocenters. The topological polar surface area (TPSA) is 75.8 Å². The minimum Gasteiger partial charge on any atom is -0.297 e. The number of hydrogen-bond acceptors (Lipinski definition) is 5. The van der Waals surface area contributed by atoms with Gasteiger partial charge in [0.15, 0.2) is 4.96 Å². The van der Waals surface area contributed by atoms with Crippen LogP contribution in [0.3, 0.4) is 0 Å². The number of rotatable bonds is 3. The first-order valence-corrected chi connectivity index (χ1v) is 8.93. The monoisotopic (exact) mass is 360 g/mol. The van der Waals surface area contributed by atoms with E-state index in [1.807, 2.05) is 52.5 Å². The van der Waals surface area contributed by atoms with E-state index in [1.54, 1.807) is 6.07 Å². The van der Waals surface area contributed by atoms with E-state index in [0.717, 1.165) is 21.3 Å². The number of aromatic nitrogens is 2. The number of carbonyl (C=O) groups excluding carboxylic acids is 2. The number of hydrazone groups is 1. The molecule has 0 spiro atoms. The van der Waals surface area contributed by atoms with Gasteiger partial charge in [0.05, 0.1) is 12.1 Å². The molecule has 0 saturated heterocycles. The fourth-order valence-corrected chi connectivity index (χ4v) is 3.99. The maximum Gasteiger partial charge on any atom is 0.246 e. The zero-order chi connectivity index (χ0) is 17.7. The molecule has 4 aromatic rings. The van der Waals surface area contributed by atoms with Crippen LogP contribution >= 0.6 is 11.3 Å². The Labute approximate surface area is 151 Å². The van der Waals surface area contributed by atoms with Crippen LogP contribution in [0, 0.1) is 0 Å². The van der Waals surface area contributed by atoms with Crippen molar-refractivity contribution in [2.45, 2.75) is 6.42 Å². The van der Waals surface area contributed by atoms with Gasteiger partial charge in [-0.15, -0.1) is 11.3 Å². The summed E-state index contributed by atoms with van der Waals surface area (Å²) in [5, 5.41) is 7.93. The molecule has 0 fully saturated rings. The van der Waals surface area contributed by atoms with Crippen molar-refractivity contribution in [1.82, 2.24) is 14.8 Å². The standard InChI is InChI=1S/C19H12N4O2S/c24-15(9-12-10-23-7-8-26-19(23)20-12)21-22-17-13-5-1-3-11-4-2-6-14(16(11)13)18(17)25/h1-8,10H,9H2,(H,21,24)/b22-17+. The second-order valence-corrected chi connectivity index (χ2v) is 6.91. The molecule has 26 heavy (non-hydrogen) atoms. The van der Waals surface area contributed by atoms with Crippen LogP contribution in [0.5, 0.6) is 0 Å². The van der Waals surface area contributed by atoms with Gasteiger partial charge in [-0.3, -0.25) is 14.0 Å². The molecule has 2 heterocycles. The van der Waals surface area contributed by atoms with Crippen LogP contribution in [-0.4, -0.2) is 26.8 Å². The van der Waals surface area contributed by atoms with Gasteiger partial charge in [0, 0.05) is 34.3 Å². The Bertz CT molecular complexity index is 1200. The van der Waals surface area contributed by atoms with E-state index in [0.29, 0.717) is 11.3 Å². The lowest BCUT2D eigenvalue weighted by Gasteiger charge is -2.01. The van der Waals surface area contributed by atoms with Crippen LogP contribution in [0.2, 0.25) is 0 Å². The number of hydrogen-bond donors (Lipinski definition) is 1. The minimum absolute atomic E-state index is 0.108. The number of benzene rings is 2. The molecular formula is C19H12N4O2S. The highest BCUT2D eigenvalue weighted by Crippen LogP contribution is 2.30. The van der Waals surface area contributed by atoms with E-state index >= 15 is 0 Å². The van der Waals surface area contributed by atoms with Crippen LogP contribution in [-0.2, 0) is 11.2 Å². The average molecular weight is 360 g/mol. The molecule has 0 unspecified atom stereocenters. The Hall–Kier alpha value is -3.32. The van der Waals surface area contributed by atoms with Crippen LogP contribution < -0.4 is 5.43 Å². The van der Waals surface area contributed by atoms with Gasteiger partial charge in [0.2, 0.25) is 11.7 Å². The van der Waals surface area contributed by atoms with Gasteiger partial charge in [0.1, 0.15) is 5.71 Å². The first-order chi connectivity index (χ1) is 12.7. The highest BCUT2D eigenvalue weighted by Gasteiger charge is 2.28. The number of Topliss-reactive ketones (excluding diaryl/α,β-unsaturated/α-hetero) is 1. The summed E-state index contributed by atoms with van der Waals surface area (Å²) in [4.78, 5) is 30.1. The molecular weight excluding hydrogens is 348 g/mol. The molecule has 6 nitrogen and oxygen atoms in total. The van der Waals surface area contributed by atoms with Crippen LogP contribution in [0.4, 0.5) is 0 Å². The number of thiazole rings is 1. The number of amides is 1. The van der Waals surface area contributed by atoms with Crippen LogP contribution in [0.25, 0.3) is 15.7 Å². The molecule has 2 aromatic carbocycles. The fraction of sp³-hybridized carbons (Fsp3) is 0.0526. The van der Waals surface area contributed by atoms with Crippen molar-refractivity contribution in [3.63, 3.8) is 0 Å². The molecule has 0 bridgehead atoms. The molecule has 1 aliphatic rings. The van der Waals surface area contributed by atoms with Crippen molar-refractivity contribution in [3.05, 3.63) is 71.0 Å². The second kappa shape index (κ2) is 5.60. The summed E-state index contributed by atoms with van der Waals surface area (Å²) < 4.78 is 1.87. The highest BCUT2D eigenvalue weighted by molar-refractivity contribution is 7.15. The second-order valence-electron chi connectivity index (χ2n) is 6.04. The molecule has 126 valence electrons. The molecule has 0 aliphatic heterocycles. The molecule has 7 heteroatoms. The number of imidazole rings is 1. The van der Waals surface area contributed by atoms with Crippen LogP contribution in [0.15, 0.2) is 59.3 Å². The molecule has 1 N–H and O–H groups in total. The largest absolute Gasteiger partial charge is 0.297 e. The van der Waals surface area contributed by atoms with E-state index in [-0.39, 0.29) is 23.8 Å². The van der Waals surface area contributed by atoms with Crippen molar-refractivity contribution in [2.75, 3.05) is 0 Å². The van der Waals surface area contributed by atoms with Gasteiger partial charge in [-0.25, -0.2) is 10.4 Å². The Morgan fingerprint density at radius 1 is 1.19 bits per heavy atom. The third-order valence-corrected chi connectivity index (χ3v) is 5.17. The predicted octanol–water partition coefficient (Wildman–Crippen LogP) is 2.81. The Kier molecular flexibility index (Phi) is 3.23. The Morgan fingerprint density at radius 3 is 2.81 bits per heavy atom. The predicted molar refractivity (Wildman–Crippen MR) is 99.7 cm³/mol. The van der Waals surface area contributed by atoms with Gasteiger partial charge in [-0.2, -0.15) is 5.10 Å². The first kappa shape index (κ1) is 15.0. The fourth-order valence-electron chi connectivity index (χ4n) is 3.27. The quantitative estimate of drug-likeness (QED) is 0.571. The summed E-state index contributed by atoms with van der Waals surface area (Å²) in [7, 11) is 0. The lowest BCUT2D eigenvalue weighted by atomic mass is 10.1. The lowest BCUT2D eigenvalue weighted by Crippen LogP contribution is -2.23. The Morgan fingerprint density at radius 2 is 2.00 bits per heavy atom.